The Morgan fingerprint density at radius 2 is 1.63 bits per heavy atom. The molecule has 1 aliphatic heterocycles. The molecule has 1 atom stereocenters. The maximum Gasteiger partial charge on any atom is 0.261 e. The standard InChI is InChI=1S/C31H37N3O8S/c1-40-26-10-8-24(9-11-26)22-34(30(25-6-3-2-4-7-25)31(37)32-16-5-19-35)29(36)23-42-27-12-14-28(15-13-27)43(38,39)33-17-20-41-21-18-33/h2-4,6-15,30,35H,5,16-23H2,1H3,(H,32,37)/t30-/m1/s1. The minimum Gasteiger partial charge on any atom is -0.497 e. The van der Waals surface area contributed by atoms with Gasteiger partial charge in [-0.1, -0.05) is 42.5 Å². The first kappa shape index (κ1) is 32.0. The van der Waals surface area contributed by atoms with Crippen molar-refractivity contribution >= 4 is 21.8 Å². The Morgan fingerprint density at radius 1 is 0.977 bits per heavy atom. The average molecular weight is 612 g/mol. The number of sulfonamides is 1. The number of methoxy groups -OCH3 is 1. The summed E-state index contributed by atoms with van der Waals surface area (Å²) in [6.07, 6.45) is 0.375. The summed E-state index contributed by atoms with van der Waals surface area (Å²) in [5.74, 6) is 0.124. The van der Waals surface area contributed by atoms with Gasteiger partial charge in [0.1, 0.15) is 17.5 Å². The molecule has 0 unspecified atom stereocenters. The van der Waals surface area contributed by atoms with E-state index in [-0.39, 0.29) is 50.2 Å². The van der Waals surface area contributed by atoms with Gasteiger partial charge in [0.05, 0.1) is 25.2 Å². The maximum absolute atomic E-state index is 13.8. The molecule has 0 radical (unpaired) electrons. The Labute approximate surface area is 252 Å². The van der Waals surface area contributed by atoms with Crippen LogP contribution < -0.4 is 14.8 Å². The summed E-state index contributed by atoms with van der Waals surface area (Å²) < 4.78 is 43.6. The van der Waals surface area contributed by atoms with Gasteiger partial charge in [-0.2, -0.15) is 4.31 Å². The Kier molecular flexibility index (Phi) is 11.5. The normalized spacial score (nSPS) is 14.5. The lowest BCUT2D eigenvalue weighted by Gasteiger charge is -2.31. The van der Waals surface area contributed by atoms with Crippen molar-refractivity contribution in [3.8, 4) is 11.5 Å². The number of aliphatic hydroxyl groups is 1. The number of ether oxygens (including phenoxy) is 3. The molecule has 1 saturated heterocycles. The van der Waals surface area contributed by atoms with E-state index >= 15 is 0 Å². The number of morpholine rings is 1. The van der Waals surface area contributed by atoms with Gasteiger partial charge in [-0.3, -0.25) is 9.59 Å². The molecule has 0 aromatic heterocycles. The van der Waals surface area contributed by atoms with Crippen LogP contribution in [0.2, 0.25) is 0 Å². The van der Waals surface area contributed by atoms with Crippen molar-refractivity contribution in [2.24, 2.45) is 0 Å². The van der Waals surface area contributed by atoms with E-state index in [9.17, 15) is 23.1 Å². The lowest BCUT2D eigenvalue weighted by molar-refractivity contribution is -0.143. The van der Waals surface area contributed by atoms with E-state index in [2.05, 4.69) is 5.32 Å². The fourth-order valence-corrected chi connectivity index (χ4v) is 6.03. The Balaban J connectivity index is 1.55. The predicted octanol–water partition coefficient (Wildman–Crippen LogP) is 2.36. The molecular weight excluding hydrogens is 574 g/mol. The summed E-state index contributed by atoms with van der Waals surface area (Å²) in [5, 5.41) is 12.0. The van der Waals surface area contributed by atoms with E-state index in [4.69, 9.17) is 14.2 Å². The number of amides is 2. The molecule has 12 heteroatoms. The number of rotatable bonds is 14. The molecule has 1 fully saturated rings. The van der Waals surface area contributed by atoms with E-state index in [1.54, 1.807) is 43.5 Å². The fourth-order valence-electron chi connectivity index (χ4n) is 4.62. The smallest absolute Gasteiger partial charge is 0.261 e. The SMILES string of the molecule is COc1ccc(CN(C(=O)COc2ccc(S(=O)(=O)N3CCOCC3)cc2)[C@@H](C(=O)NCCCO)c2ccccc2)cc1. The molecule has 0 bridgehead atoms. The van der Waals surface area contributed by atoms with Crippen LogP contribution >= 0.6 is 0 Å². The zero-order valence-electron chi connectivity index (χ0n) is 24.1. The van der Waals surface area contributed by atoms with E-state index in [1.165, 1.54) is 33.5 Å². The molecule has 3 aromatic carbocycles. The van der Waals surface area contributed by atoms with Crippen LogP contribution in [-0.2, 0) is 30.9 Å². The first-order valence-electron chi connectivity index (χ1n) is 14.0. The Hall–Kier alpha value is -3.97. The van der Waals surface area contributed by atoms with Crippen molar-refractivity contribution in [2.75, 3.05) is 53.2 Å². The molecular formula is C31H37N3O8S. The summed E-state index contributed by atoms with van der Waals surface area (Å²) >= 11 is 0. The molecule has 2 N–H and O–H groups in total. The van der Waals surface area contributed by atoms with E-state index in [0.29, 0.717) is 36.7 Å². The number of benzene rings is 3. The topological polar surface area (TPSA) is 135 Å². The molecule has 1 heterocycles. The highest BCUT2D eigenvalue weighted by Gasteiger charge is 2.32. The lowest BCUT2D eigenvalue weighted by atomic mass is 10.0. The Bertz CT molecular complexity index is 1430. The second-order valence-corrected chi connectivity index (χ2v) is 11.8. The van der Waals surface area contributed by atoms with E-state index < -0.39 is 22.0 Å². The van der Waals surface area contributed by atoms with Gasteiger partial charge in [0.25, 0.3) is 5.91 Å². The molecule has 3 aromatic rings. The minimum absolute atomic E-state index is 0.0782. The monoisotopic (exact) mass is 611 g/mol. The molecule has 4 rings (SSSR count). The van der Waals surface area contributed by atoms with Gasteiger partial charge in [0.15, 0.2) is 6.61 Å². The Morgan fingerprint density at radius 3 is 2.26 bits per heavy atom. The van der Waals surface area contributed by atoms with Crippen LogP contribution in [0, 0.1) is 0 Å². The van der Waals surface area contributed by atoms with Crippen molar-refractivity contribution in [3.63, 3.8) is 0 Å². The van der Waals surface area contributed by atoms with E-state index in [1.807, 2.05) is 18.2 Å². The first-order chi connectivity index (χ1) is 20.8. The highest BCUT2D eigenvalue weighted by atomic mass is 32.2. The predicted molar refractivity (Wildman–Crippen MR) is 159 cm³/mol. The molecule has 0 spiro atoms. The zero-order valence-corrected chi connectivity index (χ0v) is 24.9. The highest BCUT2D eigenvalue weighted by molar-refractivity contribution is 7.89. The van der Waals surface area contributed by atoms with Gasteiger partial charge in [0, 0.05) is 32.8 Å². The summed E-state index contributed by atoms with van der Waals surface area (Å²) in [7, 11) is -2.11. The van der Waals surface area contributed by atoms with Crippen molar-refractivity contribution < 1.29 is 37.3 Å². The van der Waals surface area contributed by atoms with Gasteiger partial charge >= 0.3 is 0 Å². The van der Waals surface area contributed by atoms with Crippen LogP contribution in [0.3, 0.4) is 0 Å². The molecule has 0 saturated carbocycles. The number of nitrogens with one attached hydrogen (secondary N) is 1. The largest absolute Gasteiger partial charge is 0.497 e. The second-order valence-electron chi connectivity index (χ2n) is 9.83. The second kappa shape index (κ2) is 15.5. The number of carbonyl (C=O) groups is 2. The third kappa shape index (κ3) is 8.54. The van der Waals surface area contributed by atoms with Gasteiger partial charge in [0.2, 0.25) is 15.9 Å². The van der Waals surface area contributed by atoms with Crippen molar-refractivity contribution in [1.29, 1.82) is 0 Å². The van der Waals surface area contributed by atoms with Crippen LogP contribution in [-0.4, -0.2) is 87.7 Å². The van der Waals surface area contributed by atoms with Crippen molar-refractivity contribution in [3.05, 3.63) is 90.0 Å². The molecule has 11 nitrogen and oxygen atoms in total. The number of hydrogen-bond donors (Lipinski definition) is 2. The van der Waals surface area contributed by atoms with Gasteiger partial charge in [-0.15, -0.1) is 0 Å². The van der Waals surface area contributed by atoms with Gasteiger partial charge < -0.3 is 29.5 Å². The van der Waals surface area contributed by atoms with Crippen LogP contribution in [0.15, 0.2) is 83.8 Å². The molecule has 2 amide bonds. The van der Waals surface area contributed by atoms with Crippen LogP contribution in [0.4, 0.5) is 0 Å². The summed E-state index contributed by atoms with van der Waals surface area (Å²) in [6.45, 7) is 1.15. The van der Waals surface area contributed by atoms with Gasteiger partial charge in [-0.25, -0.2) is 8.42 Å². The van der Waals surface area contributed by atoms with E-state index in [0.717, 1.165) is 5.56 Å². The number of nitrogens with zero attached hydrogens (tertiary/aromatic N) is 2. The first-order valence-corrected chi connectivity index (χ1v) is 15.4. The molecule has 1 aliphatic rings. The fraction of sp³-hybridized carbons (Fsp3) is 0.355. The minimum atomic E-state index is -3.67. The number of carbonyl (C=O) groups excluding carboxylic acids is 2. The van der Waals surface area contributed by atoms with Crippen LogP contribution in [0.5, 0.6) is 11.5 Å². The lowest BCUT2D eigenvalue weighted by Crippen LogP contribution is -2.45. The average Bonchev–Trinajstić information content (AvgIpc) is 3.05. The summed E-state index contributed by atoms with van der Waals surface area (Å²) in [4.78, 5) is 28.8. The number of aliphatic hydroxyl groups excluding tert-OH is 1. The molecule has 43 heavy (non-hydrogen) atoms. The van der Waals surface area contributed by atoms with Crippen LogP contribution in [0.25, 0.3) is 0 Å². The quantitative estimate of drug-likeness (QED) is 0.266. The highest BCUT2D eigenvalue weighted by Crippen LogP contribution is 2.26. The zero-order chi connectivity index (χ0) is 30.7. The third-order valence-corrected chi connectivity index (χ3v) is 8.85. The molecule has 0 aliphatic carbocycles. The van der Waals surface area contributed by atoms with Crippen molar-refractivity contribution in [2.45, 2.75) is 23.9 Å². The van der Waals surface area contributed by atoms with Gasteiger partial charge in [-0.05, 0) is 53.9 Å². The number of hydrogen-bond acceptors (Lipinski definition) is 8. The molecule has 230 valence electrons. The summed E-state index contributed by atoms with van der Waals surface area (Å²) in [6, 6.07) is 21.1. The van der Waals surface area contributed by atoms with Crippen LogP contribution in [0.1, 0.15) is 23.6 Å². The third-order valence-electron chi connectivity index (χ3n) is 6.94. The van der Waals surface area contributed by atoms with Crippen molar-refractivity contribution in [1.82, 2.24) is 14.5 Å². The maximum atomic E-state index is 13.8. The summed E-state index contributed by atoms with van der Waals surface area (Å²) in [5.41, 5.74) is 1.39.